The Bertz CT molecular complexity index is 1350. The number of ether oxygens (including phenoxy) is 3. The van der Waals surface area contributed by atoms with Gasteiger partial charge in [-0.3, -0.25) is 5.41 Å². The van der Waals surface area contributed by atoms with Crippen LogP contribution in [-0.4, -0.2) is 38.3 Å². The first-order valence-corrected chi connectivity index (χ1v) is 16.5. The van der Waals surface area contributed by atoms with Crippen LogP contribution in [0.25, 0.3) is 0 Å². The van der Waals surface area contributed by atoms with Crippen molar-refractivity contribution in [1.82, 2.24) is 4.90 Å². The Hall–Kier alpha value is -3.59. The molecule has 1 aliphatic rings. The Balaban J connectivity index is 1.62. The van der Waals surface area contributed by atoms with Gasteiger partial charge in [0.2, 0.25) is 21.6 Å². The highest BCUT2D eigenvalue weighted by Gasteiger charge is 2.36. The fraction of sp³-hybridized carbons (Fsp3) is 0.455. The second-order valence-electron chi connectivity index (χ2n) is 10.3. The number of hydrogen-bond donors (Lipinski definition) is 1. The van der Waals surface area contributed by atoms with Crippen LogP contribution in [-0.2, 0) is 19.3 Å². The van der Waals surface area contributed by atoms with Gasteiger partial charge in [-0.05, 0) is 50.6 Å². The van der Waals surface area contributed by atoms with Crippen molar-refractivity contribution in [3.8, 4) is 5.75 Å². The minimum atomic E-state index is -4.19. The van der Waals surface area contributed by atoms with Gasteiger partial charge >= 0.3 is 5.97 Å². The van der Waals surface area contributed by atoms with E-state index in [1.165, 1.54) is 69.4 Å². The van der Waals surface area contributed by atoms with E-state index in [0.717, 1.165) is 19.3 Å². The lowest BCUT2D eigenvalue weighted by Crippen LogP contribution is -2.27. The molecule has 3 rings (SSSR count). The van der Waals surface area contributed by atoms with Crippen molar-refractivity contribution < 1.29 is 27.4 Å². The van der Waals surface area contributed by atoms with E-state index >= 15 is 0 Å². The number of carbonyl (C=O) groups excluding carboxylic acids is 1. The van der Waals surface area contributed by atoms with Crippen LogP contribution in [0.4, 0.5) is 0 Å². The van der Waals surface area contributed by atoms with Crippen molar-refractivity contribution in [2.75, 3.05) is 13.2 Å². The molecule has 0 unspecified atom stereocenters. The zero-order valence-electron chi connectivity index (χ0n) is 25.1. The molecule has 0 saturated heterocycles. The molecule has 8 nitrogen and oxygen atoms in total. The van der Waals surface area contributed by atoms with E-state index in [1.54, 1.807) is 48.2 Å². The summed E-state index contributed by atoms with van der Waals surface area (Å²) in [4.78, 5) is 13.9. The third-order valence-electron chi connectivity index (χ3n) is 7.07. The van der Waals surface area contributed by atoms with E-state index in [4.69, 9.17) is 19.6 Å². The highest BCUT2D eigenvalue weighted by Crippen LogP contribution is 2.32. The lowest BCUT2D eigenvalue weighted by Gasteiger charge is -2.21. The normalized spacial score (nSPS) is 14.3. The zero-order valence-corrected chi connectivity index (χ0v) is 25.9. The molecule has 0 saturated carbocycles. The molecule has 0 radical (unpaired) electrons. The molecule has 1 heterocycles. The van der Waals surface area contributed by atoms with Gasteiger partial charge in [0.25, 0.3) is 0 Å². The quantitative estimate of drug-likeness (QED) is 0.0854. The second-order valence-corrected chi connectivity index (χ2v) is 12.2. The van der Waals surface area contributed by atoms with Crippen LogP contribution in [0.15, 0.2) is 82.2 Å². The van der Waals surface area contributed by atoms with Crippen molar-refractivity contribution in [3.63, 3.8) is 0 Å². The minimum absolute atomic E-state index is 0.00379. The molecule has 0 amide bonds. The molecular weight excluding hydrogens is 552 g/mol. The Morgan fingerprint density at radius 3 is 2.17 bits per heavy atom. The summed E-state index contributed by atoms with van der Waals surface area (Å²) in [6, 6.07) is 14.1. The first-order valence-electron chi connectivity index (χ1n) is 15.0. The Kier molecular flexibility index (Phi) is 13.1. The monoisotopic (exact) mass is 596 g/mol. The maximum atomic E-state index is 13.7. The summed E-state index contributed by atoms with van der Waals surface area (Å²) in [5, 5.41) is 8.70. The largest absolute Gasteiger partial charge is 0.462 e. The van der Waals surface area contributed by atoms with Gasteiger partial charge in [-0.1, -0.05) is 89.0 Å². The smallest absolute Gasteiger partial charge is 0.338 e. The summed E-state index contributed by atoms with van der Waals surface area (Å²) >= 11 is 0. The van der Waals surface area contributed by atoms with Crippen LogP contribution in [0.1, 0.15) is 95.3 Å². The summed E-state index contributed by atoms with van der Waals surface area (Å²) in [6.07, 6.45) is 13.4. The van der Waals surface area contributed by atoms with Crippen LogP contribution in [0.2, 0.25) is 0 Å². The number of hydrogen-bond acceptors (Lipinski definition) is 8. The molecule has 2 aromatic carbocycles. The van der Waals surface area contributed by atoms with Crippen molar-refractivity contribution >= 4 is 21.7 Å². The highest BCUT2D eigenvalue weighted by molar-refractivity contribution is 7.96. The summed E-state index contributed by atoms with van der Waals surface area (Å²) < 4.78 is 44.2. The molecule has 0 spiro atoms. The average molecular weight is 597 g/mol. The molecule has 2 aromatic rings. The van der Waals surface area contributed by atoms with Crippen LogP contribution >= 0.6 is 0 Å². The van der Waals surface area contributed by atoms with Gasteiger partial charge < -0.3 is 19.1 Å². The number of allylic oxidation sites excluding steroid dienone is 1. The maximum absolute atomic E-state index is 13.7. The van der Waals surface area contributed by atoms with Crippen molar-refractivity contribution in [2.24, 2.45) is 0 Å². The van der Waals surface area contributed by atoms with E-state index in [0.29, 0.717) is 18.8 Å². The maximum Gasteiger partial charge on any atom is 0.338 e. The van der Waals surface area contributed by atoms with Crippen LogP contribution in [0.3, 0.4) is 0 Å². The number of nitrogens with zero attached hydrogens (tertiary/aromatic N) is 1. The summed E-state index contributed by atoms with van der Waals surface area (Å²) in [6.45, 7) is 6.63. The molecule has 0 aliphatic carbocycles. The molecular formula is C33H44N2O6S. The highest BCUT2D eigenvalue weighted by atomic mass is 32.2. The number of benzene rings is 2. The molecule has 1 aliphatic heterocycles. The third kappa shape index (κ3) is 9.21. The fourth-order valence-corrected chi connectivity index (χ4v) is 6.16. The lowest BCUT2D eigenvalue weighted by molar-refractivity contribution is 0.0497. The minimum Gasteiger partial charge on any atom is -0.462 e. The van der Waals surface area contributed by atoms with E-state index in [-0.39, 0.29) is 22.1 Å². The third-order valence-corrected chi connectivity index (χ3v) is 8.86. The van der Waals surface area contributed by atoms with Crippen molar-refractivity contribution in [1.29, 1.82) is 5.41 Å². The SMILES string of the molecule is CCCCCCCCCCCCOC(=O)c1cccc(OC(=N)/C(=C2/OC=C(C)N2CC)S(=O)(=O)c2ccccc2)c1. The number of sulfone groups is 1. The van der Waals surface area contributed by atoms with E-state index < -0.39 is 26.6 Å². The molecule has 0 bridgehead atoms. The molecule has 0 fully saturated rings. The Morgan fingerprint density at radius 1 is 0.881 bits per heavy atom. The summed E-state index contributed by atoms with van der Waals surface area (Å²) in [5.74, 6) is -0.975. The van der Waals surface area contributed by atoms with Gasteiger partial charge in [0.15, 0.2) is 4.91 Å². The van der Waals surface area contributed by atoms with Crippen LogP contribution < -0.4 is 4.74 Å². The number of carbonyl (C=O) groups is 1. The first kappa shape index (κ1) is 32.9. The predicted molar refractivity (Wildman–Crippen MR) is 165 cm³/mol. The van der Waals surface area contributed by atoms with Gasteiger partial charge in [0, 0.05) is 6.54 Å². The Labute approximate surface area is 250 Å². The number of esters is 1. The fourth-order valence-electron chi connectivity index (χ4n) is 4.74. The molecule has 0 aromatic heterocycles. The predicted octanol–water partition coefficient (Wildman–Crippen LogP) is 7.98. The standard InChI is InChI=1S/C33H44N2O6S/c1-4-6-7-8-9-10-11-12-13-17-23-39-33(36)27-19-18-20-28(24-27)41-31(34)30(32-35(5-2)26(3)25-40-32)42(37,38)29-21-15-14-16-22-29/h14-16,18-22,24-25,34H,4-13,17,23H2,1-3H3/b32-30-,34-31?. The van der Waals surface area contributed by atoms with Gasteiger partial charge in [-0.15, -0.1) is 0 Å². The van der Waals surface area contributed by atoms with Crippen LogP contribution in [0.5, 0.6) is 5.75 Å². The molecule has 228 valence electrons. The molecule has 0 atom stereocenters. The number of unbranched alkanes of at least 4 members (excludes halogenated alkanes) is 9. The van der Waals surface area contributed by atoms with E-state index in [9.17, 15) is 13.2 Å². The molecule has 9 heteroatoms. The van der Waals surface area contributed by atoms with Gasteiger partial charge in [-0.25, -0.2) is 13.2 Å². The van der Waals surface area contributed by atoms with E-state index in [1.807, 2.05) is 6.92 Å². The topological polar surface area (TPSA) is 106 Å². The number of rotatable bonds is 17. The lowest BCUT2D eigenvalue weighted by atomic mass is 10.1. The molecule has 42 heavy (non-hydrogen) atoms. The van der Waals surface area contributed by atoms with Gasteiger partial charge in [0.05, 0.1) is 22.8 Å². The Morgan fingerprint density at radius 2 is 1.52 bits per heavy atom. The average Bonchev–Trinajstić information content (AvgIpc) is 3.35. The summed E-state index contributed by atoms with van der Waals surface area (Å²) in [7, 11) is -4.19. The number of nitrogens with one attached hydrogen (secondary N) is 1. The van der Waals surface area contributed by atoms with Crippen LogP contribution in [0, 0.1) is 5.41 Å². The molecule has 1 N–H and O–H groups in total. The first-order chi connectivity index (χ1) is 20.3. The summed E-state index contributed by atoms with van der Waals surface area (Å²) in [5.41, 5.74) is 0.963. The van der Waals surface area contributed by atoms with Crippen molar-refractivity contribution in [2.45, 2.75) is 89.9 Å². The second kappa shape index (κ2) is 16.8. The van der Waals surface area contributed by atoms with E-state index in [2.05, 4.69) is 6.92 Å². The zero-order chi connectivity index (χ0) is 30.4. The van der Waals surface area contributed by atoms with Crippen molar-refractivity contribution in [3.05, 3.63) is 82.9 Å². The van der Waals surface area contributed by atoms with Gasteiger partial charge in [-0.2, -0.15) is 0 Å². The van der Waals surface area contributed by atoms with Gasteiger partial charge in [0.1, 0.15) is 12.0 Å².